The van der Waals surface area contributed by atoms with Crippen molar-refractivity contribution in [3.05, 3.63) is 35.4 Å². The third-order valence-corrected chi connectivity index (χ3v) is 2.02. The van der Waals surface area contributed by atoms with Gasteiger partial charge in [-0.1, -0.05) is 24.4 Å². The van der Waals surface area contributed by atoms with E-state index in [1.165, 1.54) is 30.3 Å². The zero-order chi connectivity index (χ0) is 12.8. The summed E-state index contributed by atoms with van der Waals surface area (Å²) in [7, 11) is 0. The molecule has 0 amide bonds. The molecule has 0 atom stereocenters. The maximum absolute atomic E-state index is 11.9. The average Bonchev–Trinajstić information content (AvgIpc) is 2.26. The molecule has 1 aromatic carbocycles. The van der Waals surface area contributed by atoms with Crippen molar-refractivity contribution in [1.82, 2.24) is 0 Å². The van der Waals surface area contributed by atoms with Crippen LogP contribution < -0.4 is 10.5 Å². The smallest absolute Gasteiger partial charge is 0.387 e. The molecular weight excluding hydrogens is 246 g/mol. The zero-order valence-electron chi connectivity index (χ0n) is 8.56. The lowest BCUT2D eigenvalue weighted by Gasteiger charge is -2.04. The van der Waals surface area contributed by atoms with E-state index in [4.69, 9.17) is 11.0 Å². The number of alkyl halides is 2. The van der Waals surface area contributed by atoms with Gasteiger partial charge < -0.3 is 10.5 Å². The molecule has 1 aromatic rings. The van der Waals surface area contributed by atoms with Crippen LogP contribution >= 0.6 is 12.2 Å². The van der Waals surface area contributed by atoms with Crippen LogP contribution in [0.15, 0.2) is 29.8 Å². The largest absolute Gasteiger partial charge is 0.435 e. The third kappa shape index (κ3) is 4.17. The Bertz CT molecular complexity index is 477. The molecule has 0 saturated heterocycles. The molecule has 0 saturated carbocycles. The topological polar surface area (TPSA) is 59.0 Å². The van der Waals surface area contributed by atoms with E-state index < -0.39 is 6.61 Å². The molecule has 0 fully saturated rings. The number of thiocarbonyl (C=S) groups is 1. The fourth-order valence-corrected chi connectivity index (χ4v) is 1.18. The van der Waals surface area contributed by atoms with Gasteiger partial charge in [-0.2, -0.15) is 14.0 Å². The predicted octanol–water partition coefficient (Wildman–Crippen LogP) is 2.48. The minimum Gasteiger partial charge on any atom is -0.435 e. The highest BCUT2D eigenvalue weighted by atomic mass is 32.1. The highest BCUT2D eigenvalue weighted by Gasteiger charge is 2.04. The van der Waals surface area contributed by atoms with Gasteiger partial charge in [0.2, 0.25) is 0 Å². The fourth-order valence-electron chi connectivity index (χ4n) is 1.07. The summed E-state index contributed by atoms with van der Waals surface area (Å²) in [5.74, 6) is 0.0472. The first kappa shape index (κ1) is 13.1. The van der Waals surface area contributed by atoms with Crippen LogP contribution in [-0.4, -0.2) is 11.6 Å². The number of ether oxygens (including phenoxy) is 1. The van der Waals surface area contributed by atoms with Crippen molar-refractivity contribution in [2.45, 2.75) is 6.61 Å². The van der Waals surface area contributed by atoms with E-state index in [2.05, 4.69) is 17.0 Å². The lowest BCUT2D eigenvalue weighted by atomic mass is 10.1. The molecule has 1 rings (SSSR count). The second kappa shape index (κ2) is 5.92. The van der Waals surface area contributed by atoms with E-state index in [-0.39, 0.29) is 16.3 Å². The normalized spacial score (nSPS) is 11.1. The maximum Gasteiger partial charge on any atom is 0.387 e. The number of nitrogens with zero attached hydrogens (tertiary/aromatic N) is 1. The molecule has 3 nitrogen and oxygen atoms in total. The summed E-state index contributed by atoms with van der Waals surface area (Å²) in [6.45, 7) is -2.86. The molecule has 0 aliphatic heterocycles. The minimum atomic E-state index is -2.86. The van der Waals surface area contributed by atoms with Crippen LogP contribution in [0.3, 0.4) is 0 Å². The molecule has 0 radical (unpaired) electrons. The monoisotopic (exact) mass is 254 g/mol. The Labute approximate surface area is 102 Å². The molecule has 17 heavy (non-hydrogen) atoms. The van der Waals surface area contributed by atoms with Gasteiger partial charge in [0.25, 0.3) is 0 Å². The van der Waals surface area contributed by atoms with Crippen molar-refractivity contribution in [3.63, 3.8) is 0 Å². The number of halogens is 2. The molecule has 0 heterocycles. The summed E-state index contributed by atoms with van der Waals surface area (Å²) in [4.78, 5) is -0.0135. The molecule has 0 aliphatic rings. The van der Waals surface area contributed by atoms with Gasteiger partial charge in [-0.3, -0.25) is 0 Å². The van der Waals surface area contributed by atoms with Gasteiger partial charge in [0.05, 0.1) is 5.57 Å². The summed E-state index contributed by atoms with van der Waals surface area (Å²) in [5.41, 5.74) is 6.08. The van der Waals surface area contributed by atoms with Gasteiger partial charge >= 0.3 is 6.61 Å². The lowest BCUT2D eigenvalue weighted by Crippen LogP contribution is -2.09. The molecule has 0 aliphatic carbocycles. The van der Waals surface area contributed by atoms with Gasteiger partial charge in [-0.05, 0) is 23.8 Å². The van der Waals surface area contributed by atoms with Crippen molar-refractivity contribution in [1.29, 1.82) is 5.26 Å². The van der Waals surface area contributed by atoms with E-state index in [0.29, 0.717) is 5.56 Å². The molecular formula is C11H8F2N2OS. The van der Waals surface area contributed by atoms with Gasteiger partial charge in [0, 0.05) is 0 Å². The number of hydrogen-bond donors (Lipinski definition) is 1. The number of benzene rings is 1. The van der Waals surface area contributed by atoms with E-state index in [0.717, 1.165) is 0 Å². The van der Waals surface area contributed by atoms with Crippen LogP contribution in [0.5, 0.6) is 5.75 Å². The molecule has 88 valence electrons. The van der Waals surface area contributed by atoms with Crippen molar-refractivity contribution >= 4 is 23.3 Å². The SMILES string of the molecule is N#C/C(=C/c1ccc(OC(F)F)cc1)C(N)=S. The maximum atomic E-state index is 11.9. The van der Waals surface area contributed by atoms with Gasteiger partial charge in [-0.15, -0.1) is 0 Å². The Morgan fingerprint density at radius 1 is 1.41 bits per heavy atom. The zero-order valence-corrected chi connectivity index (χ0v) is 9.38. The summed E-state index contributed by atoms with van der Waals surface area (Å²) >= 11 is 4.66. The summed E-state index contributed by atoms with van der Waals surface area (Å²) in [6, 6.07) is 7.62. The van der Waals surface area contributed by atoms with Crippen LogP contribution in [0.25, 0.3) is 6.08 Å². The summed E-state index contributed by atoms with van der Waals surface area (Å²) in [6.07, 6.45) is 1.47. The highest BCUT2D eigenvalue weighted by Crippen LogP contribution is 2.16. The Hall–Kier alpha value is -2.00. The number of nitriles is 1. The average molecular weight is 254 g/mol. The number of nitrogens with two attached hydrogens (primary N) is 1. The summed E-state index contributed by atoms with van der Waals surface area (Å²) in [5, 5.41) is 8.72. The Balaban J connectivity index is 2.88. The predicted molar refractivity (Wildman–Crippen MR) is 63.4 cm³/mol. The van der Waals surface area contributed by atoms with Crippen LogP contribution in [0, 0.1) is 11.3 Å². The van der Waals surface area contributed by atoms with E-state index >= 15 is 0 Å². The molecule has 2 N–H and O–H groups in total. The molecule has 0 aromatic heterocycles. The minimum absolute atomic E-state index is 0.0135. The van der Waals surface area contributed by atoms with Crippen LogP contribution in [0.2, 0.25) is 0 Å². The first-order valence-corrected chi connectivity index (χ1v) is 4.90. The third-order valence-electron chi connectivity index (χ3n) is 1.80. The molecule has 0 unspecified atom stereocenters. The van der Waals surface area contributed by atoms with Gasteiger partial charge in [0.1, 0.15) is 16.8 Å². The highest BCUT2D eigenvalue weighted by molar-refractivity contribution is 7.80. The lowest BCUT2D eigenvalue weighted by molar-refractivity contribution is -0.0498. The van der Waals surface area contributed by atoms with E-state index in [1.807, 2.05) is 6.07 Å². The first-order chi connectivity index (χ1) is 8.02. The Kier molecular flexibility index (Phi) is 4.55. The van der Waals surface area contributed by atoms with Crippen LogP contribution in [-0.2, 0) is 0 Å². The second-order valence-corrected chi connectivity index (χ2v) is 3.42. The summed E-state index contributed by atoms with van der Waals surface area (Å²) < 4.78 is 27.9. The van der Waals surface area contributed by atoms with E-state index in [1.54, 1.807) is 0 Å². The Morgan fingerprint density at radius 3 is 2.41 bits per heavy atom. The van der Waals surface area contributed by atoms with Gasteiger partial charge in [-0.25, -0.2) is 0 Å². The molecule has 0 bridgehead atoms. The standard InChI is InChI=1S/C11H8F2N2OS/c12-11(13)16-9-3-1-7(2-4-9)5-8(6-14)10(15)17/h1-5,11H,(H2,15,17)/b8-5-. The van der Waals surface area contributed by atoms with Crippen LogP contribution in [0.4, 0.5) is 8.78 Å². The van der Waals surface area contributed by atoms with Crippen molar-refractivity contribution in [2.75, 3.05) is 0 Å². The number of rotatable bonds is 4. The van der Waals surface area contributed by atoms with Crippen molar-refractivity contribution < 1.29 is 13.5 Å². The molecule has 6 heteroatoms. The molecule has 0 spiro atoms. The first-order valence-electron chi connectivity index (χ1n) is 4.49. The Morgan fingerprint density at radius 2 is 2.00 bits per heavy atom. The van der Waals surface area contributed by atoms with Crippen LogP contribution in [0.1, 0.15) is 5.56 Å². The second-order valence-electron chi connectivity index (χ2n) is 2.98. The van der Waals surface area contributed by atoms with Crippen molar-refractivity contribution in [2.24, 2.45) is 5.73 Å². The van der Waals surface area contributed by atoms with E-state index in [9.17, 15) is 8.78 Å². The quantitative estimate of drug-likeness (QED) is 0.509. The fraction of sp³-hybridized carbons (Fsp3) is 0.0909. The number of hydrogen-bond acceptors (Lipinski definition) is 3. The van der Waals surface area contributed by atoms with Crippen molar-refractivity contribution in [3.8, 4) is 11.8 Å². The van der Waals surface area contributed by atoms with Gasteiger partial charge in [0.15, 0.2) is 0 Å².